The maximum absolute atomic E-state index is 5.88. The Balaban J connectivity index is 1.85. The average molecular weight is 264 g/mol. The first-order valence-electron chi connectivity index (χ1n) is 7.29. The first-order valence-corrected chi connectivity index (χ1v) is 7.29. The molecule has 2 rings (SSSR count). The highest BCUT2D eigenvalue weighted by atomic mass is 16.6. The Hall–Kier alpha value is -1.06. The largest absolute Gasteiger partial charge is 0.494 e. The molecule has 0 N–H and O–H groups in total. The van der Waals surface area contributed by atoms with Crippen LogP contribution in [0.4, 0.5) is 0 Å². The maximum Gasteiger partial charge on any atom is 0.119 e. The van der Waals surface area contributed by atoms with Crippen molar-refractivity contribution in [3.05, 3.63) is 29.8 Å². The van der Waals surface area contributed by atoms with E-state index in [9.17, 15) is 0 Å². The number of ether oxygens (including phenoxy) is 3. The molecular weight excluding hydrogens is 240 g/mol. The summed E-state index contributed by atoms with van der Waals surface area (Å²) in [5.74, 6) is 0.922. The molecule has 2 unspecified atom stereocenters. The second-order valence-corrected chi connectivity index (χ2v) is 4.98. The molecule has 2 atom stereocenters. The molecule has 1 aliphatic rings. The van der Waals surface area contributed by atoms with E-state index in [2.05, 4.69) is 26.0 Å². The molecule has 0 spiro atoms. The number of hydrogen-bond donors (Lipinski definition) is 0. The van der Waals surface area contributed by atoms with Gasteiger partial charge in [0.1, 0.15) is 11.9 Å². The Kier molecular flexibility index (Phi) is 5.67. The Bertz CT molecular complexity index is 353. The minimum Gasteiger partial charge on any atom is -0.494 e. The quantitative estimate of drug-likeness (QED) is 0.783. The van der Waals surface area contributed by atoms with Crippen molar-refractivity contribution in [3.8, 4) is 5.75 Å². The lowest BCUT2D eigenvalue weighted by Crippen LogP contribution is -2.30. The summed E-state index contributed by atoms with van der Waals surface area (Å²) in [7, 11) is 0. The van der Waals surface area contributed by atoms with Crippen molar-refractivity contribution >= 4 is 0 Å². The lowest BCUT2D eigenvalue weighted by molar-refractivity contribution is -0.137. The number of hydrogen-bond acceptors (Lipinski definition) is 3. The highest BCUT2D eigenvalue weighted by Gasteiger charge is 2.22. The first kappa shape index (κ1) is 14.4. The zero-order chi connectivity index (χ0) is 13.5. The lowest BCUT2D eigenvalue weighted by atomic mass is 10.1. The predicted octanol–water partition coefficient (Wildman–Crippen LogP) is 3.73. The van der Waals surface area contributed by atoms with Gasteiger partial charge in [0.15, 0.2) is 0 Å². The Morgan fingerprint density at radius 1 is 1.05 bits per heavy atom. The normalized spacial score (nSPS) is 23.3. The van der Waals surface area contributed by atoms with E-state index in [-0.39, 0.29) is 12.2 Å². The van der Waals surface area contributed by atoms with Crippen LogP contribution in [0.15, 0.2) is 24.3 Å². The van der Waals surface area contributed by atoms with Crippen LogP contribution in [-0.2, 0) is 9.47 Å². The van der Waals surface area contributed by atoms with Gasteiger partial charge in [0.2, 0.25) is 0 Å². The van der Waals surface area contributed by atoms with Gasteiger partial charge in [-0.1, -0.05) is 32.4 Å². The van der Waals surface area contributed by atoms with E-state index in [0.29, 0.717) is 13.2 Å². The van der Waals surface area contributed by atoms with E-state index in [1.807, 2.05) is 12.1 Å². The minimum absolute atomic E-state index is 0.0633. The summed E-state index contributed by atoms with van der Waals surface area (Å²) in [6, 6.07) is 8.15. The van der Waals surface area contributed by atoms with E-state index in [4.69, 9.17) is 14.2 Å². The second kappa shape index (κ2) is 7.51. The Morgan fingerprint density at radius 3 is 2.42 bits per heavy atom. The molecule has 1 saturated heterocycles. The van der Waals surface area contributed by atoms with Crippen LogP contribution in [-0.4, -0.2) is 25.9 Å². The molecular formula is C16H24O3. The third-order valence-corrected chi connectivity index (χ3v) is 3.30. The van der Waals surface area contributed by atoms with Crippen LogP contribution in [0, 0.1) is 0 Å². The van der Waals surface area contributed by atoms with Crippen molar-refractivity contribution in [1.29, 1.82) is 0 Å². The fraction of sp³-hybridized carbons (Fsp3) is 0.625. The topological polar surface area (TPSA) is 27.7 Å². The minimum atomic E-state index is 0.0633. The predicted molar refractivity (Wildman–Crippen MR) is 75.6 cm³/mol. The monoisotopic (exact) mass is 264 g/mol. The molecule has 0 amide bonds. The zero-order valence-corrected chi connectivity index (χ0v) is 11.9. The molecule has 106 valence electrons. The molecule has 0 bridgehead atoms. The van der Waals surface area contributed by atoms with Crippen molar-refractivity contribution in [3.63, 3.8) is 0 Å². The fourth-order valence-corrected chi connectivity index (χ4v) is 2.22. The van der Waals surface area contributed by atoms with E-state index < -0.39 is 0 Å². The van der Waals surface area contributed by atoms with Crippen LogP contribution in [0.1, 0.15) is 44.8 Å². The van der Waals surface area contributed by atoms with Gasteiger partial charge in [-0.3, -0.25) is 0 Å². The molecule has 1 heterocycles. The van der Waals surface area contributed by atoms with Gasteiger partial charge in [-0.15, -0.1) is 0 Å². The van der Waals surface area contributed by atoms with Gasteiger partial charge >= 0.3 is 0 Å². The van der Waals surface area contributed by atoms with Crippen molar-refractivity contribution in [2.45, 2.75) is 45.3 Å². The third-order valence-electron chi connectivity index (χ3n) is 3.30. The first-order chi connectivity index (χ1) is 9.33. The van der Waals surface area contributed by atoms with E-state index in [0.717, 1.165) is 31.6 Å². The highest BCUT2D eigenvalue weighted by molar-refractivity contribution is 5.28. The molecule has 3 nitrogen and oxygen atoms in total. The molecule has 0 aromatic heterocycles. The van der Waals surface area contributed by atoms with Crippen molar-refractivity contribution < 1.29 is 14.2 Å². The molecule has 0 radical (unpaired) electrons. The average Bonchev–Trinajstić information content (AvgIpc) is 2.47. The standard InChI is InChI=1S/C16H24O3/c1-3-5-15-11-19-16(12-18-15)13-6-8-14(9-7-13)17-10-4-2/h6-9,15-16H,3-5,10-12H2,1-2H3. The summed E-state index contributed by atoms with van der Waals surface area (Å²) in [5, 5.41) is 0. The maximum atomic E-state index is 5.88. The lowest BCUT2D eigenvalue weighted by Gasteiger charge is -2.29. The van der Waals surface area contributed by atoms with Crippen molar-refractivity contribution in [1.82, 2.24) is 0 Å². The van der Waals surface area contributed by atoms with Crippen LogP contribution < -0.4 is 4.74 Å². The SMILES string of the molecule is CCCOc1ccc(C2COC(CCC)CO2)cc1. The Morgan fingerprint density at radius 2 is 1.84 bits per heavy atom. The second-order valence-electron chi connectivity index (χ2n) is 4.98. The summed E-state index contributed by atoms with van der Waals surface area (Å²) in [6.07, 6.45) is 3.58. The van der Waals surface area contributed by atoms with E-state index in [1.54, 1.807) is 0 Å². The summed E-state index contributed by atoms with van der Waals surface area (Å²) < 4.78 is 17.3. The third kappa shape index (κ3) is 4.22. The van der Waals surface area contributed by atoms with Gasteiger partial charge in [-0.2, -0.15) is 0 Å². The van der Waals surface area contributed by atoms with Crippen LogP contribution in [0.2, 0.25) is 0 Å². The summed E-state index contributed by atoms with van der Waals surface area (Å²) in [4.78, 5) is 0. The van der Waals surface area contributed by atoms with Gasteiger partial charge in [-0.05, 0) is 30.5 Å². The molecule has 1 aliphatic heterocycles. The number of rotatable bonds is 6. The fourth-order valence-electron chi connectivity index (χ4n) is 2.22. The molecule has 1 fully saturated rings. The zero-order valence-electron chi connectivity index (χ0n) is 11.9. The highest BCUT2D eigenvalue weighted by Crippen LogP contribution is 2.25. The summed E-state index contributed by atoms with van der Waals surface area (Å²) in [5.41, 5.74) is 1.17. The van der Waals surface area contributed by atoms with Gasteiger partial charge in [0.25, 0.3) is 0 Å². The molecule has 1 aromatic carbocycles. The van der Waals surface area contributed by atoms with E-state index in [1.165, 1.54) is 5.56 Å². The summed E-state index contributed by atoms with van der Waals surface area (Å²) in [6.45, 7) is 6.40. The smallest absolute Gasteiger partial charge is 0.119 e. The van der Waals surface area contributed by atoms with Crippen LogP contribution >= 0.6 is 0 Å². The molecule has 19 heavy (non-hydrogen) atoms. The number of benzene rings is 1. The molecule has 3 heteroatoms. The van der Waals surface area contributed by atoms with Gasteiger partial charge < -0.3 is 14.2 Å². The van der Waals surface area contributed by atoms with Crippen molar-refractivity contribution in [2.75, 3.05) is 19.8 Å². The van der Waals surface area contributed by atoms with E-state index >= 15 is 0 Å². The van der Waals surface area contributed by atoms with Gasteiger partial charge in [0, 0.05) is 0 Å². The molecule has 1 aromatic rings. The molecule has 0 aliphatic carbocycles. The van der Waals surface area contributed by atoms with Gasteiger partial charge in [-0.25, -0.2) is 0 Å². The molecule has 0 saturated carbocycles. The van der Waals surface area contributed by atoms with Crippen LogP contribution in [0.5, 0.6) is 5.75 Å². The Labute approximate surface area is 115 Å². The summed E-state index contributed by atoms with van der Waals surface area (Å²) >= 11 is 0. The van der Waals surface area contributed by atoms with Crippen LogP contribution in [0.25, 0.3) is 0 Å². The van der Waals surface area contributed by atoms with Crippen LogP contribution in [0.3, 0.4) is 0 Å². The van der Waals surface area contributed by atoms with Crippen molar-refractivity contribution in [2.24, 2.45) is 0 Å². The van der Waals surface area contributed by atoms with Gasteiger partial charge in [0.05, 0.1) is 25.9 Å².